The molecule has 0 bridgehead atoms. The summed E-state index contributed by atoms with van der Waals surface area (Å²) in [7, 11) is 0. The van der Waals surface area contributed by atoms with Crippen LogP contribution in [0.5, 0.6) is 0 Å². The van der Waals surface area contributed by atoms with Crippen LogP contribution in [0.25, 0.3) is 22.3 Å². The highest BCUT2D eigenvalue weighted by atomic mass is 19.4. The summed E-state index contributed by atoms with van der Waals surface area (Å²) in [6.45, 7) is 1.49. The van der Waals surface area contributed by atoms with Crippen molar-refractivity contribution >= 4 is 22.8 Å². The minimum atomic E-state index is -4.20. The molecular formula is C22H23F3N6O. The summed E-state index contributed by atoms with van der Waals surface area (Å²) >= 11 is 0. The maximum atomic E-state index is 12.4. The fourth-order valence-corrected chi connectivity index (χ4v) is 4.31. The van der Waals surface area contributed by atoms with Gasteiger partial charge in [0.2, 0.25) is 0 Å². The summed E-state index contributed by atoms with van der Waals surface area (Å²) in [5.74, 6) is 0.537. The zero-order chi connectivity index (χ0) is 22.5. The summed E-state index contributed by atoms with van der Waals surface area (Å²) in [5.41, 5.74) is 5.37. The van der Waals surface area contributed by atoms with Gasteiger partial charge in [0.05, 0.1) is 23.3 Å². The van der Waals surface area contributed by atoms with Gasteiger partial charge in [-0.1, -0.05) is 12.1 Å². The van der Waals surface area contributed by atoms with E-state index in [1.54, 1.807) is 0 Å². The molecule has 2 aromatic heterocycles. The minimum absolute atomic E-state index is 0.0415. The Balaban J connectivity index is 1.38. The van der Waals surface area contributed by atoms with E-state index in [-0.39, 0.29) is 18.0 Å². The maximum absolute atomic E-state index is 12.4. The number of benzene rings is 1. The molecule has 7 nitrogen and oxygen atoms in total. The number of carbonyl (C=O) groups is 1. The van der Waals surface area contributed by atoms with E-state index < -0.39 is 12.7 Å². The van der Waals surface area contributed by atoms with Gasteiger partial charge in [-0.15, -0.1) is 0 Å². The number of carbonyl (C=O) groups excluding carboxylic acids is 1. The van der Waals surface area contributed by atoms with Gasteiger partial charge < -0.3 is 20.9 Å². The van der Waals surface area contributed by atoms with Crippen molar-refractivity contribution in [3.8, 4) is 11.3 Å². The average Bonchev–Trinajstić information content (AvgIpc) is 3.14. The van der Waals surface area contributed by atoms with Gasteiger partial charge in [0.1, 0.15) is 11.3 Å². The molecule has 3 aromatic rings. The van der Waals surface area contributed by atoms with E-state index in [0.29, 0.717) is 36.3 Å². The lowest BCUT2D eigenvalue weighted by Crippen LogP contribution is -2.50. The first kappa shape index (κ1) is 20.7. The highest BCUT2D eigenvalue weighted by molar-refractivity contribution is 5.99. The van der Waals surface area contributed by atoms with Crippen LogP contribution in [0, 0.1) is 6.92 Å². The largest absolute Gasteiger partial charge is 0.401 e. The van der Waals surface area contributed by atoms with Crippen LogP contribution in [0.2, 0.25) is 0 Å². The Morgan fingerprint density at radius 1 is 1.16 bits per heavy atom. The van der Waals surface area contributed by atoms with E-state index in [1.807, 2.05) is 31.2 Å². The molecule has 2 aliphatic rings. The van der Waals surface area contributed by atoms with E-state index in [0.717, 1.165) is 34.6 Å². The van der Waals surface area contributed by atoms with Crippen molar-refractivity contribution in [2.45, 2.75) is 44.4 Å². The van der Waals surface area contributed by atoms with Crippen LogP contribution >= 0.6 is 0 Å². The third-order valence-corrected chi connectivity index (χ3v) is 6.03. The topological polar surface area (TPSA) is 94.7 Å². The summed E-state index contributed by atoms with van der Waals surface area (Å²) in [6, 6.07) is 7.46. The Morgan fingerprint density at radius 3 is 2.72 bits per heavy atom. The fraction of sp³-hybridized carbons (Fsp3) is 0.409. The van der Waals surface area contributed by atoms with Crippen molar-refractivity contribution in [1.82, 2.24) is 25.6 Å². The molecule has 0 atom stereocenters. The number of amides is 1. The molecule has 1 saturated carbocycles. The number of aromatic nitrogens is 3. The zero-order valence-electron chi connectivity index (χ0n) is 17.4. The molecule has 0 spiro atoms. The number of para-hydroxylation sites is 1. The number of aromatic amines is 1. The van der Waals surface area contributed by atoms with Gasteiger partial charge in [-0.2, -0.15) is 13.2 Å². The number of aryl methyl sites for hydroxylation is 1. The molecule has 1 aromatic carbocycles. The molecule has 0 saturated heterocycles. The first-order valence-corrected chi connectivity index (χ1v) is 10.6. The second-order valence-electron chi connectivity index (χ2n) is 8.42. The summed E-state index contributed by atoms with van der Waals surface area (Å²) in [4.78, 5) is 25.0. The standard InChI is InChI=1S/C22H23F3N6O/c1-11-20(29-13-7-12(8-13)27-10-22(23,24)25)31-19-14(3-2-4-17(19)28-11)18-9-15-16(30-18)5-6-26-21(15)32/h2-4,9,12-13,27,30H,5-8,10H2,1H3,(H,26,32)(H,29,31). The molecular weight excluding hydrogens is 421 g/mol. The fourth-order valence-electron chi connectivity index (χ4n) is 4.31. The molecule has 5 rings (SSSR count). The van der Waals surface area contributed by atoms with E-state index in [9.17, 15) is 18.0 Å². The Hall–Kier alpha value is -3.14. The van der Waals surface area contributed by atoms with Crippen LogP contribution in [0.4, 0.5) is 19.0 Å². The Bertz CT molecular complexity index is 1180. The van der Waals surface area contributed by atoms with Crippen LogP contribution in [-0.2, 0) is 6.42 Å². The zero-order valence-corrected chi connectivity index (χ0v) is 17.4. The highest BCUT2D eigenvalue weighted by Gasteiger charge is 2.34. The number of fused-ring (bicyclic) bond motifs is 2. The average molecular weight is 444 g/mol. The number of hydrogen-bond donors (Lipinski definition) is 4. The minimum Gasteiger partial charge on any atom is -0.366 e. The molecule has 1 aliphatic heterocycles. The van der Waals surface area contributed by atoms with Crippen LogP contribution in [-0.4, -0.2) is 52.2 Å². The molecule has 1 fully saturated rings. The van der Waals surface area contributed by atoms with E-state index in [4.69, 9.17) is 4.98 Å². The highest BCUT2D eigenvalue weighted by Crippen LogP contribution is 2.31. The number of halogens is 3. The lowest BCUT2D eigenvalue weighted by Gasteiger charge is -2.37. The van der Waals surface area contributed by atoms with E-state index >= 15 is 0 Å². The van der Waals surface area contributed by atoms with Crippen molar-refractivity contribution in [2.75, 3.05) is 18.4 Å². The van der Waals surface area contributed by atoms with Crippen molar-refractivity contribution in [1.29, 1.82) is 0 Å². The van der Waals surface area contributed by atoms with Crippen molar-refractivity contribution in [3.05, 3.63) is 41.2 Å². The maximum Gasteiger partial charge on any atom is 0.401 e. The monoisotopic (exact) mass is 444 g/mol. The molecule has 1 amide bonds. The Morgan fingerprint density at radius 2 is 1.97 bits per heavy atom. The number of rotatable bonds is 5. The van der Waals surface area contributed by atoms with Gasteiger partial charge in [0, 0.05) is 42.0 Å². The van der Waals surface area contributed by atoms with Crippen LogP contribution < -0.4 is 16.0 Å². The quantitative estimate of drug-likeness (QED) is 0.484. The smallest absolute Gasteiger partial charge is 0.366 e. The Labute approximate surface area is 182 Å². The Kier molecular flexibility index (Phi) is 5.04. The molecule has 3 heterocycles. The number of nitrogens with one attached hydrogen (secondary N) is 4. The van der Waals surface area contributed by atoms with Gasteiger partial charge >= 0.3 is 6.18 Å². The lowest BCUT2D eigenvalue weighted by molar-refractivity contribution is -0.127. The van der Waals surface area contributed by atoms with Crippen molar-refractivity contribution in [2.24, 2.45) is 0 Å². The summed E-state index contributed by atoms with van der Waals surface area (Å²) in [6.07, 6.45) is -2.27. The summed E-state index contributed by atoms with van der Waals surface area (Å²) in [5, 5.41) is 8.72. The number of alkyl halides is 3. The van der Waals surface area contributed by atoms with Gasteiger partial charge in [-0.25, -0.2) is 9.97 Å². The molecule has 0 unspecified atom stereocenters. The third-order valence-electron chi connectivity index (χ3n) is 6.03. The first-order valence-electron chi connectivity index (χ1n) is 10.6. The predicted molar refractivity (Wildman–Crippen MR) is 115 cm³/mol. The molecule has 1 aliphatic carbocycles. The van der Waals surface area contributed by atoms with Crippen LogP contribution in [0.1, 0.15) is 34.6 Å². The molecule has 32 heavy (non-hydrogen) atoms. The number of H-pyrrole nitrogens is 1. The second kappa shape index (κ2) is 7.77. The molecule has 0 radical (unpaired) electrons. The molecule has 4 N–H and O–H groups in total. The molecule has 168 valence electrons. The van der Waals surface area contributed by atoms with Crippen molar-refractivity contribution < 1.29 is 18.0 Å². The number of nitrogens with zero attached hydrogens (tertiary/aromatic N) is 2. The summed E-state index contributed by atoms with van der Waals surface area (Å²) < 4.78 is 37.1. The predicted octanol–water partition coefficient (Wildman–Crippen LogP) is 3.31. The van der Waals surface area contributed by atoms with E-state index in [2.05, 4.69) is 25.9 Å². The van der Waals surface area contributed by atoms with Gasteiger partial charge in [0.15, 0.2) is 0 Å². The number of hydrogen-bond acceptors (Lipinski definition) is 5. The van der Waals surface area contributed by atoms with E-state index in [1.165, 1.54) is 0 Å². The second-order valence-corrected chi connectivity index (χ2v) is 8.42. The number of anilines is 1. The van der Waals surface area contributed by atoms with Crippen LogP contribution in [0.15, 0.2) is 24.3 Å². The third kappa shape index (κ3) is 4.02. The van der Waals surface area contributed by atoms with Gasteiger partial charge in [-0.3, -0.25) is 4.79 Å². The molecule has 10 heteroatoms. The van der Waals surface area contributed by atoms with Gasteiger partial charge in [-0.05, 0) is 31.9 Å². The normalized spacial score (nSPS) is 20.6. The SMILES string of the molecule is Cc1nc2cccc(-c3cc4c([nH]3)CCNC4=O)c2nc1NC1CC(NCC(F)(F)F)C1. The lowest BCUT2D eigenvalue weighted by atomic mass is 9.86. The van der Waals surface area contributed by atoms with Crippen molar-refractivity contribution in [3.63, 3.8) is 0 Å². The van der Waals surface area contributed by atoms with Crippen LogP contribution in [0.3, 0.4) is 0 Å². The van der Waals surface area contributed by atoms with Gasteiger partial charge in [0.25, 0.3) is 5.91 Å². The first-order chi connectivity index (χ1) is 15.3.